The van der Waals surface area contributed by atoms with Gasteiger partial charge in [0.2, 0.25) is 5.95 Å². The molecule has 11 heteroatoms. The quantitative estimate of drug-likeness (QED) is 0.381. The van der Waals surface area contributed by atoms with Crippen molar-refractivity contribution in [1.82, 2.24) is 34.0 Å². The summed E-state index contributed by atoms with van der Waals surface area (Å²) < 4.78 is 15.0. The highest BCUT2D eigenvalue weighted by molar-refractivity contribution is 5.86. The molecule has 4 aromatic rings. The Morgan fingerprint density at radius 2 is 1.77 bits per heavy atom. The number of hydrogen-bond donors (Lipinski definition) is 0. The maximum Gasteiger partial charge on any atom is 0.410 e. The molecule has 3 aromatic heterocycles. The molecule has 0 bridgehead atoms. The Kier molecular flexibility index (Phi) is 6.53. The van der Waals surface area contributed by atoms with E-state index in [2.05, 4.69) is 41.1 Å². The first-order valence-corrected chi connectivity index (χ1v) is 13.5. The van der Waals surface area contributed by atoms with Crippen molar-refractivity contribution in [3.63, 3.8) is 0 Å². The fraction of sp³-hybridized carbons (Fsp3) is 0.414. The third-order valence-electron chi connectivity index (χ3n) is 6.97. The Bertz CT molecular complexity index is 1580. The van der Waals surface area contributed by atoms with Crippen molar-refractivity contribution in [3.8, 4) is 17.3 Å². The summed E-state index contributed by atoms with van der Waals surface area (Å²) in [6.45, 7) is 11.4. The molecule has 5 heterocycles. The fourth-order valence-corrected chi connectivity index (χ4v) is 4.84. The zero-order valence-electron chi connectivity index (χ0n) is 23.6. The number of aryl methyl sites for hydroxylation is 2. The van der Waals surface area contributed by atoms with E-state index in [0.29, 0.717) is 32.3 Å². The van der Waals surface area contributed by atoms with Crippen molar-refractivity contribution in [2.75, 3.05) is 44.3 Å². The molecule has 0 N–H and O–H groups in total. The van der Waals surface area contributed by atoms with E-state index in [9.17, 15) is 4.79 Å². The molecule has 11 nitrogen and oxygen atoms in total. The van der Waals surface area contributed by atoms with Gasteiger partial charge < -0.3 is 23.8 Å². The molecule has 6 rings (SSSR count). The number of likely N-dealkylation sites (tertiary alicyclic amines) is 1. The van der Waals surface area contributed by atoms with Gasteiger partial charge in [0, 0.05) is 51.2 Å². The van der Waals surface area contributed by atoms with Crippen LogP contribution < -0.4 is 4.90 Å². The Labute approximate surface area is 233 Å². The Morgan fingerprint density at radius 3 is 2.48 bits per heavy atom. The topological polar surface area (TPSA) is 103 Å². The molecule has 0 aliphatic carbocycles. The van der Waals surface area contributed by atoms with E-state index < -0.39 is 5.60 Å². The van der Waals surface area contributed by atoms with E-state index in [0.717, 1.165) is 52.9 Å². The van der Waals surface area contributed by atoms with E-state index in [1.165, 1.54) is 5.56 Å². The van der Waals surface area contributed by atoms with Gasteiger partial charge in [-0.3, -0.25) is 4.57 Å². The van der Waals surface area contributed by atoms with Crippen LogP contribution >= 0.6 is 0 Å². The summed E-state index contributed by atoms with van der Waals surface area (Å²) >= 11 is 0. The predicted molar refractivity (Wildman–Crippen MR) is 152 cm³/mol. The maximum absolute atomic E-state index is 12.4. The summed E-state index contributed by atoms with van der Waals surface area (Å²) in [6.07, 6.45) is 5.38. The van der Waals surface area contributed by atoms with Gasteiger partial charge in [0.15, 0.2) is 17.0 Å². The second-order valence-corrected chi connectivity index (χ2v) is 11.3. The van der Waals surface area contributed by atoms with Crippen LogP contribution in [0.15, 0.2) is 42.2 Å². The minimum Gasteiger partial charge on any atom is -0.444 e. The lowest BCUT2D eigenvalue weighted by atomic mass is 10.1. The molecule has 0 unspecified atom stereocenters. The van der Waals surface area contributed by atoms with Gasteiger partial charge in [0.25, 0.3) is 0 Å². The molecular formula is C29H34N8O3. The SMILES string of the molecule is Cc1ccc(-c2nccn2-c2nc(N3CCOCC3)c3nc(C=C4CN(C(=O)OC(C)(C)C)C4)n(C)c3n2)cc1. The number of ether oxygens (including phenoxy) is 2. The highest BCUT2D eigenvalue weighted by Crippen LogP contribution is 2.29. The van der Waals surface area contributed by atoms with Crippen LogP contribution in [-0.2, 0) is 16.5 Å². The van der Waals surface area contributed by atoms with Crippen LogP contribution in [0.25, 0.3) is 34.6 Å². The molecule has 2 aliphatic heterocycles. The number of nitrogens with zero attached hydrogens (tertiary/aromatic N) is 8. The number of rotatable bonds is 4. The maximum atomic E-state index is 12.4. The first kappa shape index (κ1) is 26.0. The van der Waals surface area contributed by atoms with Crippen molar-refractivity contribution in [1.29, 1.82) is 0 Å². The number of carbonyl (C=O) groups excluding carboxylic acids is 1. The molecule has 2 saturated heterocycles. The van der Waals surface area contributed by atoms with Gasteiger partial charge in [-0.25, -0.2) is 14.8 Å². The number of hydrogen-bond acceptors (Lipinski definition) is 8. The number of fused-ring (bicyclic) bond motifs is 1. The third-order valence-corrected chi connectivity index (χ3v) is 6.97. The van der Waals surface area contributed by atoms with Crippen molar-refractivity contribution < 1.29 is 14.3 Å². The van der Waals surface area contributed by atoms with Crippen LogP contribution in [0.3, 0.4) is 0 Å². The minimum atomic E-state index is -0.519. The van der Waals surface area contributed by atoms with Crippen LogP contribution in [-0.4, -0.2) is 85.1 Å². The molecule has 0 saturated carbocycles. The average molecular weight is 543 g/mol. The van der Waals surface area contributed by atoms with E-state index in [1.54, 1.807) is 11.1 Å². The van der Waals surface area contributed by atoms with Crippen molar-refractivity contribution in [2.24, 2.45) is 7.05 Å². The van der Waals surface area contributed by atoms with E-state index in [4.69, 9.17) is 24.4 Å². The van der Waals surface area contributed by atoms with Gasteiger partial charge in [-0.05, 0) is 39.3 Å². The van der Waals surface area contributed by atoms with Crippen molar-refractivity contribution in [3.05, 3.63) is 53.6 Å². The van der Waals surface area contributed by atoms with Crippen LogP contribution in [0.2, 0.25) is 0 Å². The summed E-state index contributed by atoms with van der Waals surface area (Å²) in [6, 6.07) is 8.26. The Morgan fingerprint density at radius 1 is 1.05 bits per heavy atom. The van der Waals surface area contributed by atoms with E-state index >= 15 is 0 Å². The number of aromatic nitrogens is 6. The summed E-state index contributed by atoms with van der Waals surface area (Å²) in [5.41, 5.74) is 4.22. The lowest BCUT2D eigenvalue weighted by Gasteiger charge is -2.35. The van der Waals surface area contributed by atoms with Gasteiger partial charge in [-0.15, -0.1) is 0 Å². The van der Waals surface area contributed by atoms with E-state index in [-0.39, 0.29) is 6.09 Å². The van der Waals surface area contributed by atoms with Gasteiger partial charge in [0.05, 0.1) is 13.2 Å². The molecule has 208 valence electrons. The smallest absolute Gasteiger partial charge is 0.410 e. The summed E-state index contributed by atoms with van der Waals surface area (Å²) in [7, 11) is 1.96. The molecule has 0 spiro atoms. The first-order chi connectivity index (χ1) is 19.2. The number of morpholine rings is 1. The zero-order valence-corrected chi connectivity index (χ0v) is 23.6. The van der Waals surface area contributed by atoms with Crippen LogP contribution in [0, 0.1) is 6.92 Å². The second-order valence-electron chi connectivity index (χ2n) is 11.3. The largest absolute Gasteiger partial charge is 0.444 e. The van der Waals surface area contributed by atoms with E-state index in [1.807, 2.05) is 49.2 Å². The monoisotopic (exact) mass is 542 g/mol. The van der Waals surface area contributed by atoms with Crippen LogP contribution in [0.4, 0.5) is 10.6 Å². The number of anilines is 1. The average Bonchev–Trinajstić information content (AvgIpc) is 3.50. The number of amides is 1. The molecule has 1 aromatic carbocycles. The lowest BCUT2D eigenvalue weighted by molar-refractivity contribution is 0.0216. The van der Waals surface area contributed by atoms with Gasteiger partial charge in [-0.2, -0.15) is 9.97 Å². The minimum absolute atomic E-state index is 0.301. The predicted octanol–water partition coefficient (Wildman–Crippen LogP) is 4.00. The zero-order chi connectivity index (χ0) is 28.0. The second kappa shape index (κ2) is 10.1. The highest BCUT2D eigenvalue weighted by atomic mass is 16.6. The highest BCUT2D eigenvalue weighted by Gasteiger charge is 2.30. The van der Waals surface area contributed by atoms with Crippen LogP contribution in [0.5, 0.6) is 0 Å². The molecule has 0 radical (unpaired) electrons. The van der Waals surface area contributed by atoms with Gasteiger partial charge in [-0.1, -0.05) is 29.8 Å². The molecule has 2 fully saturated rings. The lowest BCUT2D eigenvalue weighted by Crippen LogP contribution is -2.46. The normalized spacial score (nSPS) is 15.9. The Hall–Kier alpha value is -4.25. The van der Waals surface area contributed by atoms with Crippen molar-refractivity contribution in [2.45, 2.75) is 33.3 Å². The fourth-order valence-electron chi connectivity index (χ4n) is 4.84. The number of carbonyl (C=O) groups is 1. The molecule has 0 atom stereocenters. The summed E-state index contributed by atoms with van der Waals surface area (Å²) in [5, 5.41) is 0. The molecular weight excluding hydrogens is 508 g/mol. The number of benzene rings is 1. The van der Waals surface area contributed by atoms with Gasteiger partial charge >= 0.3 is 6.09 Å². The summed E-state index contributed by atoms with van der Waals surface area (Å²) in [4.78, 5) is 35.9. The molecule has 40 heavy (non-hydrogen) atoms. The number of imidazole rings is 2. The molecule has 1 amide bonds. The van der Waals surface area contributed by atoms with Crippen molar-refractivity contribution >= 4 is 29.2 Å². The van der Waals surface area contributed by atoms with Gasteiger partial charge in [0.1, 0.15) is 17.2 Å². The standard InChI is InChI=1S/C29H34N8O3/c1-19-6-8-21(9-7-19)24-30-10-11-37(24)27-32-25-23(26(33-27)35-12-14-39-15-13-35)31-22(34(25)5)16-20-17-36(18-20)28(38)40-29(2,3)4/h6-11,16H,12-15,17-18H2,1-5H3. The third kappa shape index (κ3) is 5.04. The summed E-state index contributed by atoms with van der Waals surface area (Å²) in [5.74, 6) is 2.84. The first-order valence-electron chi connectivity index (χ1n) is 13.5. The van der Waals surface area contributed by atoms with Crippen LogP contribution in [0.1, 0.15) is 32.2 Å². The Balaban J connectivity index is 1.38. The molecule has 2 aliphatic rings.